The van der Waals surface area contributed by atoms with Gasteiger partial charge in [0.2, 0.25) is 11.8 Å². The first kappa shape index (κ1) is 16.0. The predicted octanol–water partition coefficient (Wildman–Crippen LogP) is 1.29. The van der Waals surface area contributed by atoms with Crippen LogP contribution >= 0.6 is 0 Å². The molecule has 1 heterocycles. The van der Waals surface area contributed by atoms with Gasteiger partial charge in [0.15, 0.2) is 0 Å². The van der Waals surface area contributed by atoms with E-state index in [1.165, 1.54) is 0 Å². The van der Waals surface area contributed by atoms with Crippen LogP contribution in [0.1, 0.15) is 36.8 Å². The second-order valence-electron chi connectivity index (χ2n) is 5.36. The summed E-state index contributed by atoms with van der Waals surface area (Å²) in [5.41, 5.74) is 1.96. The molecule has 6 heteroatoms. The third-order valence-corrected chi connectivity index (χ3v) is 3.69. The van der Waals surface area contributed by atoms with E-state index in [-0.39, 0.29) is 24.7 Å². The molecule has 2 rings (SSSR count). The number of carboxylic acids is 1. The summed E-state index contributed by atoms with van der Waals surface area (Å²) in [6, 6.07) is 7.65. The van der Waals surface area contributed by atoms with E-state index >= 15 is 0 Å². The van der Waals surface area contributed by atoms with E-state index in [4.69, 9.17) is 5.11 Å². The van der Waals surface area contributed by atoms with E-state index in [0.717, 1.165) is 24.1 Å². The van der Waals surface area contributed by atoms with Crippen LogP contribution in [0.25, 0.3) is 0 Å². The standard InChI is InChI=1S/C16H20N2O4/c19-14(7-8-16(21)22)17-10-12-4-1-2-5-13(12)11-18-9-3-6-15(18)20/h1-2,4-5H,3,6-11H2,(H,17,19)(H,21,22). The fourth-order valence-corrected chi connectivity index (χ4v) is 2.46. The Morgan fingerprint density at radius 1 is 1.18 bits per heavy atom. The van der Waals surface area contributed by atoms with Crippen LogP contribution in [0, 0.1) is 0 Å². The highest BCUT2D eigenvalue weighted by atomic mass is 16.4. The molecule has 0 atom stereocenters. The Bertz CT molecular complexity index is 571. The maximum atomic E-state index is 11.7. The van der Waals surface area contributed by atoms with Crippen LogP contribution in [0.3, 0.4) is 0 Å². The highest BCUT2D eigenvalue weighted by Gasteiger charge is 2.20. The Morgan fingerprint density at radius 2 is 1.91 bits per heavy atom. The van der Waals surface area contributed by atoms with Gasteiger partial charge in [0.25, 0.3) is 0 Å². The number of hydrogen-bond donors (Lipinski definition) is 2. The average molecular weight is 304 g/mol. The van der Waals surface area contributed by atoms with Crippen LogP contribution in [0.15, 0.2) is 24.3 Å². The Kier molecular flexibility index (Phi) is 5.52. The molecular formula is C16H20N2O4. The van der Waals surface area contributed by atoms with Gasteiger partial charge in [-0.05, 0) is 17.5 Å². The molecular weight excluding hydrogens is 284 g/mol. The molecule has 0 unspecified atom stereocenters. The molecule has 0 saturated carbocycles. The zero-order valence-corrected chi connectivity index (χ0v) is 12.4. The minimum atomic E-state index is -0.983. The zero-order chi connectivity index (χ0) is 15.9. The number of hydrogen-bond acceptors (Lipinski definition) is 3. The van der Waals surface area contributed by atoms with Crippen LogP contribution in [0.4, 0.5) is 0 Å². The number of carbonyl (C=O) groups is 3. The molecule has 1 saturated heterocycles. The number of amides is 2. The molecule has 1 aliphatic heterocycles. The normalized spacial score (nSPS) is 14.2. The molecule has 118 valence electrons. The van der Waals surface area contributed by atoms with E-state index in [0.29, 0.717) is 19.5 Å². The molecule has 2 N–H and O–H groups in total. The molecule has 0 bridgehead atoms. The van der Waals surface area contributed by atoms with Crippen molar-refractivity contribution in [3.05, 3.63) is 35.4 Å². The molecule has 0 radical (unpaired) electrons. The van der Waals surface area contributed by atoms with Crippen molar-refractivity contribution in [1.29, 1.82) is 0 Å². The van der Waals surface area contributed by atoms with Crippen LogP contribution in [-0.2, 0) is 27.5 Å². The van der Waals surface area contributed by atoms with Gasteiger partial charge in [-0.3, -0.25) is 14.4 Å². The topological polar surface area (TPSA) is 86.7 Å². The monoisotopic (exact) mass is 304 g/mol. The molecule has 0 aliphatic carbocycles. The third-order valence-electron chi connectivity index (χ3n) is 3.69. The molecule has 6 nitrogen and oxygen atoms in total. The maximum Gasteiger partial charge on any atom is 0.303 e. The molecule has 0 aromatic heterocycles. The minimum Gasteiger partial charge on any atom is -0.481 e. The fourth-order valence-electron chi connectivity index (χ4n) is 2.46. The predicted molar refractivity (Wildman–Crippen MR) is 79.8 cm³/mol. The summed E-state index contributed by atoms with van der Waals surface area (Å²) < 4.78 is 0. The van der Waals surface area contributed by atoms with Crippen LogP contribution in [0.5, 0.6) is 0 Å². The van der Waals surface area contributed by atoms with Gasteiger partial charge < -0.3 is 15.3 Å². The van der Waals surface area contributed by atoms with E-state index in [1.807, 2.05) is 29.2 Å². The fraction of sp³-hybridized carbons (Fsp3) is 0.438. The highest BCUT2D eigenvalue weighted by molar-refractivity contribution is 5.80. The maximum absolute atomic E-state index is 11.7. The van der Waals surface area contributed by atoms with Gasteiger partial charge in [0, 0.05) is 32.5 Å². The van der Waals surface area contributed by atoms with Gasteiger partial charge in [0.1, 0.15) is 0 Å². The first-order chi connectivity index (χ1) is 10.6. The van der Waals surface area contributed by atoms with E-state index < -0.39 is 5.97 Å². The molecule has 2 amide bonds. The van der Waals surface area contributed by atoms with Gasteiger partial charge >= 0.3 is 5.97 Å². The van der Waals surface area contributed by atoms with Gasteiger partial charge in [-0.15, -0.1) is 0 Å². The molecule has 1 aliphatic rings. The van der Waals surface area contributed by atoms with Crippen LogP contribution in [0.2, 0.25) is 0 Å². The summed E-state index contributed by atoms with van der Waals surface area (Å²) in [5, 5.41) is 11.3. The Hall–Kier alpha value is -2.37. The molecule has 22 heavy (non-hydrogen) atoms. The smallest absolute Gasteiger partial charge is 0.303 e. The van der Waals surface area contributed by atoms with E-state index in [9.17, 15) is 14.4 Å². The van der Waals surface area contributed by atoms with Crippen molar-refractivity contribution in [2.45, 2.75) is 38.8 Å². The van der Waals surface area contributed by atoms with Gasteiger partial charge in [0.05, 0.1) is 6.42 Å². The van der Waals surface area contributed by atoms with Crippen molar-refractivity contribution in [1.82, 2.24) is 10.2 Å². The first-order valence-corrected chi connectivity index (χ1v) is 7.39. The SMILES string of the molecule is O=C(O)CCC(=O)NCc1ccccc1CN1CCCC1=O. The Labute approximate surface area is 129 Å². The van der Waals surface area contributed by atoms with E-state index in [2.05, 4.69) is 5.32 Å². The minimum absolute atomic E-state index is 0.0257. The molecule has 1 aromatic carbocycles. The second-order valence-corrected chi connectivity index (χ2v) is 5.36. The number of carboxylic acid groups (broad SMARTS) is 1. The van der Waals surface area contributed by atoms with Crippen molar-refractivity contribution in [2.24, 2.45) is 0 Å². The van der Waals surface area contributed by atoms with Crippen LogP contribution < -0.4 is 5.32 Å². The lowest BCUT2D eigenvalue weighted by molar-refractivity contribution is -0.138. The lowest BCUT2D eigenvalue weighted by atomic mass is 10.1. The van der Waals surface area contributed by atoms with Gasteiger partial charge in [-0.25, -0.2) is 0 Å². The summed E-state index contributed by atoms with van der Waals surface area (Å²) in [7, 11) is 0. The summed E-state index contributed by atoms with van der Waals surface area (Å²) in [4.78, 5) is 35.6. The first-order valence-electron chi connectivity index (χ1n) is 7.39. The summed E-state index contributed by atoms with van der Waals surface area (Å²) in [6.07, 6.45) is 1.30. The van der Waals surface area contributed by atoms with Crippen molar-refractivity contribution < 1.29 is 19.5 Å². The lowest BCUT2D eigenvalue weighted by Gasteiger charge is -2.18. The second kappa shape index (κ2) is 7.59. The average Bonchev–Trinajstić information content (AvgIpc) is 2.89. The van der Waals surface area contributed by atoms with Crippen molar-refractivity contribution in [3.63, 3.8) is 0 Å². The molecule has 1 fully saturated rings. The number of nitrogens with zero attached hydrogens (tertiary/aromatic N) is 1. The molecule has 1 aromatic rings. The number of benzene rings is 1. The number of carbonyl (C=O) groups excluding carboxylic acids is 2. The number of likely N-dealkylation sites (tertiary alicyclic amines) is 1. The van der Waals surface area contributed by atoms with Crippen molar-refractivity contribution in [2.75, 3.05) is 6.54 Å². The summed E-state index contributed by atoms with van der Waals surface area (Å²) >= 11 is 0. The summed E-state index contributed by atoms with van der Waals surface area (Å²) in [6.45, 7) is 1.68. The Morgan fingerprint density at radius 3 is 2.55 bits per heavy atom. The summed E-state index contributed by atoms with van der Waals surface area (Å²) in [5.74, 6) is -1.10. The zero-order valence-electron chi connectivity index (χ0n) is 12.4. The molecule has 0 spiro atoms. The number of aliphatic carboxylic acids is 1. The van der Waals surface area contributed by atoms with Crippen molar-refractivity contribution in [3.8, 4) is 0 Å². The van der Waals surface area contributed by atoms with E-state index in [1.54, 1.807) is 0 Å². The quantitative estimate of drug-likeness (QED) is 0.794. The third kappa shape index (κ3) is 4.58. The largest absolute Gasteiger partial charge is 0.481 e. The highest BCUT2D eigenvalue weighted by Crippen LogP contribution is 2.17. The van der Waals surface area contributed by atoms with Crippen LogP contribution in [-0.4, -0.2) is 34.3 Å². The van der Waals surface area contributed by atoms with Crippen molar-refractivity contribution >= 4 is 17.8 Å². The number of nitrogens with one attached hydrogen (secondary N) is 1. The Balaban J connectivity index is 1.92. The lowest BCUT2D eigenvalue weighted by Crippen LogP contribution is -2.27. The van der Waals surface area contributed by atoms with Gasteiger partial charge in [-0.1, -0.05) is 24.3 Å². The number of rotatable bonds is 7. The van der Waals surface area contributed by atoms with Gasteiger partial charge in [-0.2, -0.15) is 0 Å².